The molecule has 0 atom stereocenters. The number of hydrogen-bond donors (Lipinski definition) is 2. The summed E-state index contributed by atoms with van der Waals surface area (Å²) in [4.78, 5) is 14.2. The molecular weight excluding hydrogens is 307 g/mol. The molecule has 6 heteroatoms. The van der Waals surface area contributed by atoms with Crippen LogP contribution in [0.3, 0.4) is 0 Å². The number of halogens is 1. The van der Waals surface area contributed by atoms with Crippen molar-refractivity contribution in [2.75, 3.05) is 28.6 Å². The van der Waals surface area contributed by atoms with Gasteiger partial charge >= 0.3 is 6.03 Å². The molecule has 0 saturated carbocycles. The molecular formula is C18H17FN4O. The predicted molar refractivity (Wildman–Crippen MR) is 91.6 cm³/mol. The second kappa shape index (κ2) is 7.01. The second-order valence-corrected chi connectivity index (χ2v) is 5.55. The quantitative estimate of drug-likeness (QED) is 0.845. The maximum absolute atomic E-state index is 13.6. The lowest BCUT2D eigenvalue weighted by Gasteiger charge is -2.30. The minimum atomic E-state index is -0.495. The Morgan fingerprint density at radius 1 is 1.17 bits per heavy atom. The fourth-order valence-corrected chi connectivity index (χ4v) is 2.91. The van der Waals surface area contributed by atoms with Crippen molar-refractivity contribution in [3.05, 3.63) is 53.8 Å². The highest BCUT2D eigenvalue weighted by atomic mass is 19.1. The van der Waals surface area contributed by atoms with Gasteiger partial charge in [0.1, 0.15) is 12.4 Å². The lowest BCUT2D eigenvalue weighted by molar-refractivity contribution is 0.262. The minimum absolute atomic E-state index is 0.130. The molecule has 2 N–H and O–H groups in total. The van der Waals surface area contributed by atoms with E-state index in [1.807, 2.05) is 23.1 Å². The topological polar surface area (TPSA) is 68.2 Å². The third-order valence-corrected chi connectivity index (χ3v) is 3.98. The van der Waals surface area contributed by atoms with Crippen LogP contribution in [0.2, 0.25) is 0 Å². The van der Waals surface area contributed by atoms with E-state index in [0.29, 0.717) is 12.2 Å². The van der Waals surface area contributed by atoms with Crippen LogP contribution in [0.1, 0.15) is 12.0 Å². The van der Waals surface area contributed by atoms with Crippen LogP contribution in [0, 0.1) is 17.1 Å². The summed E-state index contributed by atoms with van der Waals surface area (Å²) in [6, 6.07) is 13.3. The number of carbonyl (C=O) groups is 1. The van der Waals surface area contributed by atoms with Gasteiger partial charge in [-0.3, -0.25) is 0 Å². The Morgan fingerprint density at radius 2 is 1.92 bits per heavy atom. The van der Waals surface area contributed by atoms with Crippen LogP contribution in [-0.2, 0) is 6.42 Å². The van der Waals surface area contributed by atoms with Gasteiger partial charge in [-0.2, -0.15) is 5.26 Å². The normalized spacial score (nSPS) is 12.9. The van der Waals surface area contributed by atoms with Crippen molar-refractivity contribution in [1.29, 1.82) is 5.26 Å². The molecule has 0 radical (unpaired) electrons. The van der Waals surface area contributed by atoms with Crippen molar-refractivity contribution in [3.8, 4) is 6.07 Å². The van der Waals surface area contributed by atoms with Gasteiger partial charge < -0.3 is 15.5 Å². The van der Waals surface area contributed by atoms with Crippen LogP contribution in [0.25, 0.3) is 0 Å². The van der Waals surface area contributed by atoms with E-state index in [1.54, 1.807) is 12.1 Å². The monoisotopic (exact) mass is 324 g/mol. The summed E-state index contributed by atoms with van der Waals surface area (Å²) < 4.78 is 13.6. The van der Waals surface area contributed by atoms with Gasteiger partial charge in [0, 0.05) is 17.9 Å². The zero-order valence-corrected chi connectivity index (χ0v) is 13.1. The molecule has 0 saturated heterocycles. The number of nitriles is 1. The summed E-state index contributed by atoms with van der Waals surface area (Å²) in [5.41, 5.74) is 2.78. The number of amides is 2. The number of hydrogen-bond acceptors (Lipinski definition) is 3. The number of anilines is 3. The molecule has 24 heavy (non-hydrogen) atoms. The van der Waals surface area contributed by atoms with Crippen molar-refractivity contribution >= 4 is 23.1 Å². The molecule has 2 amide bonds. The molecule has 0 aromatic heterocycles. The van der Waals surface area contributed by atoms with Gasteiger partial charge in [-0.05, 0) is 42.7 Å². The fraction of sp³-hybridized carbons (Fsp3) is 0.222. The predicted octanol–water partition coefficient (Wildman–Crippen LogP) is 3.75. The van der Waals surface area contributed by atoms with Crippen LogP contribution in [0.15, 0.2) is 42.5 Å². The lowest BCUT2D eigenvalue weighted by atomic mass is 9.99. The number of rotatable bonds is 3. The number of carbonyl (C=O) groups excluding carboxylic acids is 1. The Kier molecular flexibility index (Phi) is 4.62. The number of fused-ring (bicyclic) bond motifs is 1. The highest BCUT2D eigenvalue weighted by Crippen LogP contribution is 2.32. The first kappa shape index (κ1) is 15.8. The highest BCUT2D eigenvalue weighted by molar-refractivity contribution is 6.00. The Bertz CT molecular complexity index is 800. The van der Waals surface area contributed by atoms with Crippen LogP contribution >= 0.6 is 0 Å². The minimum Gasteiger partial charge on any atom is -0.358 e. The number of para-hydroxylation sites is 1. The van der Waals surface area contributed by atoms with Crippen LogP contribution in [-0.4, -0.2) is 19.1 Å². The molecule has 1 aliphatic heterocycles. The summed E-state index contributed by atoms with van der Waals surface area (Å²) in [7, 11) is 0. The summed E-state index contributed by atoms with van der Waals surface area (Å²) in [5, 5.41) is 14.2. The standard InChI is InChI=1S/C18H17FN4O/c19-14-6-1-2-7-16(14)22-18(24)21-15-8-3-9-17-13(15)5-4-11-23(17)12-10-20/h1-3,6-9H,4-5,11-12H2,(H2,21,22,24). The van der Waals surface area contributed by atoms with E-state index in [9.17, 15) is 9.18 Å². The molecule has 5 nitrogen and oxygen atoms in total. The molecule has 1 aliphatic rings. The second-order valence-electron chi connectivity index (χ2n) is 5.55. The summed E-state index contributed by atoms with van der Waals surface area (Å²) >= 11 is 0. The number of nitrogens with one attached hydrogen (secondary N) is 2. The first-order valence-electron chi connectivity index (χ1n) is 7.75. The van der Waals surface area contributed by atoms with Gasteiger partial charge in [0.2, 0.25) is 0 Å². The third-order valence-electron chi connectivity index (χ3n) is 3.98. The van der Waals surface area contributed by atoms with Crippen LogP contribution in [0.5, 0.6) is 0 Å². The fourth-order valence-electron chi connectivity index (χ4n) is 2.91. The molecule has 0 unspecified atom stereocenters. The van der Waals surface area contributed by atoms with E-state index < -0.39 is 11.8 Å². The Balaban J connectivity index is 1.79. The molecule has 0 aliphatic carbocycles. The third kappa shape index (κ3) is 3.30. The van der Waals surface area contributed by atoms with E-state index in [-0.39, 0.29) is 5.69 Å². The molecule has 122 valence electrons. The highest BCUT2D eigenvalue weighted by Gasteiger charge is 2.20. The van der Waals surface area contributed by atoms with Crippen molar-refractivity contribution in [1.82, 2.24) is 0 Å². The first-order chi connectivity index (χ1) is 11.7. The number of nitrogens with zero attached hydrogens (tertiary/aromatic N) is 2. The van der Waals surface area contributed by atoms with Gasteiger partial charge in [0.05, 0.1) is 11.8 Å². The Labute approximate surface area is 139 Å². The van der Waals surface area contributed by atoms with Crippen LogP contribution in [0.4, 0.5) is 26.2 Å². The van der Waals surface area contributed by atoms with E-state index >= 15 is 0 Å². The average Bonchev–Trinajstić information content (AvgIpc) is 2.58. The SMILES string of the molecule is N#CCN1CCCc2c(NC(=O)Nc3ccccc3F)cccc21. The van der Waals surface area contributed by atoms with Crippen LogP contribution < -0.4 is 15.5 Å². The van der Waals surface area contributed by atoms with Crippen molar-refractivity contribution < 1.29 is 9.18 Å². The maximum atomic E-state index is 13.6. The zero-order chi connectivity index (χ0) is 16.9. The first-order valence-corrected chi connectivity index (χ1v) is 7.75. The lowest BCUT2D eigenvalue weighted by Crippen LogP contribution is -2.30. The zero-order valence-electron chi connectivity index (χ0n) is 13.1. The van der Waals surface area contributed by atoms with E-state index in [4.69, 9.17) is 5.26 Å². The number of benzene rings is 2. The smallest absolute Gasteiger partial charge is 0.323 e. The van der Waals surface area contributed by atoms with E-state index in [1.165, 1.54) is 12.1 Å². The molecule has 1 heterocycles. The Hall–Kier alpha value is -3.07. The van der Waals surface area contributed by atoms with Crippen molar-refractivity contribution in [3.63, 3.8) is 0 Å². The van der Waals surface area contributed by atoms with Gasteiger partial charge in [-0.25, -0.2) is 9.18 Å². The van der Waals surface area contributed by atoms with Gasteiger partial charge in [0.25, 0.3) is 0 Å². The van der Waals surface area contributed by atoms with Gasteiger partial charge in [0.15, 0.2) is 0 Å². The molecule has 2 aromatic carbocycles. The maximum Gasteiger partial charge on any atom is 0.323 e. The molecule has 0 spiro atoms. The van der Waals surface area contributed by atoms with E-state index in [2.05, 4.69) is 16.7 Å². The molecule has 0 fully saturated rings. The Morgan fingerprint density at radius 3 is 2.71 bits per heavy atom. The average molecular weight is 324 g/mol. The van der Waals surface area contributed by atoms with E-state index in [0.717, 1.165) is 30.6 Å². The molecule has 3 rings (SSSR count). The van der Waals surface area contributed by atoms with Crippen molar-refractivity contribution in [2.45, 2.75) is 12.8 Å². The summed E-state index contributed by atoms with van der Waals surface area (Å²) in [6.45, 7) is 1.14. The number of urea groups is 1. The molecule has 0 bridgehead atoms. The summed E-state index contributed by atoms with van der Waals surface area (Å²) in [5.74, 6) is -0.483. The largest absolute Gasteiger partial charge is 0.358 e. The van der Waals surface area contributed by atoms with Crippen molar-refractivity contribution in [2.24, 2.45) is 0 Å². The molecule has 2 aromatic rings. The van der Waals surface area contributed by atoms with Gasteiger partial charge in [-0.1, -0.05) is 18.2 Å². The van der Waals surface area contributed by atoms with Gasteiger partial charge in [-0.15, -0.1) is 0 Å². The summed E-state index contributed by atoms with van der Waals surface area (Å²) in [6.07, 6.45) is 1.75.